The van der Waals surface area contributed by atoms with E-state index >= 15 is 0 Å². The van der Waals surface area contributed by atoms with Gasteiger partial charge in [0.05, 0.1) is 12.4 Å². The average molecular weight is 423 g/mol. The normalized spacial score (nSPS) is 29.3. The van der Waals surface area contributed by atoms with Gasteiger partial charge < -0.3 is 20.7 Å². The molecule has 0 saturated carbocycles. The SMILES string of the molecule is CSC[C@H]1O[C@@H](n2cnc3c(N)nc(I)nc32)C(O)[C@H]1O. The third kappa shape index (κ3) is 2.59. The topological polar surface area (TPSA) is 119 Å². The van der Waals surface area contributed by atoms with Gasteiger partial charge in [0.2, 0.25) is 0 Å². The van der Waals surface area contributed by atoms with Crippen molar-refractivity contribution in [3.05, 3.63) is 10.2 Å². The highest BCUT2D eigenvalue weighted by Crippen LogP contribution is 2.33. The van der Waals surface area contributed by atoms with Gasteiger partial charge in [-0.1, -0.05) is 0 Å². The number of rotatable bonds is 3. The maximum absolute atomic E-state index is 10.2. The van der Waals surface area contributed by atoms with E-state index in [4.69, 9.17) is 10.5 Å². The van der Waals surface area contributed by atoms with E-state index in [1.54, 1.807) is 16.3 Å². The molecule has 21 heavy (non-hydrogen) atoms. The molecule has 0 spiro atoms. The zero-order valence-corrected chi connectivity index (χ0v) is 14.0. The first-order chi connectivity index (χ1) is 10.0. The highest BCUT2D eigenvalue weighted by Gasteiger charge is 2.44. The van der Waals surface area contributed by atoms with Crippen molar-refractivity contribution in [1.82, 2.24) is 19.5 Å². The molecule has 1 unspecified atom stereocenters. The predicted octanol–water partition coefficient (Wildman–Crippen LogP) is -0.00470. The van der Waals surface area contributed by atoms with Crippen LogP contribution in [0.5, 0.6) is 0 Å². The second-order valence-corrected chi connectivity index (χ2v) is 6.58. The minimum absolute atomic E-state index is 0.275. The summed E-state index contributed by atoms with van der Waals surface area (Å²) < 4.78 is 7.82. The second kappa shape index (κ2) is 5.83. The van der Waals surface area contributed by atoms with E-state index < -0.39 is 24.5 Å². The van der Waals surface area contributed by atoms with Crippen LogP contribution in [-0.4, -0.2) is 60.1 Å². The van der Waals surface area contributed by atoms with Crippen LogP contribution >= 0.6 is 34.4 Å². The fraction of sp³-hybridized carbons (Fsp3) is 0.545. The Labute approximate surface area is 138 Å². The second-order valence-electron chi connectivity index (χ2n) is 4.70. The molecular formula is C11H14IN5O3S. The van der Waals surface area contributed by atoms with E-state index in [-0.39, 0.29) is 5.82 Å². The van der Waals surface area contributed by atoms with Crippen LogP contribution < -0.4 is 5.73 Å². The van der Waals surface area contributed by atoms with Gasteiger partial charge in [0.15, 0.2) is 21.5 Å². The number of aromatic nitrogens is 4. The van der Waals surface area contributed by atoms with Gasteiger partial charge in [-0.2, -0.15) is 11.8 Å². The van der Waals surface area contributed by atoms with E-state index in [1.807, 2.05) is 28.8 Å². The summed E-state index contributed by atoms with van der Waals surface area (Å²) in [5.41, 5.74) is 6.75. The van der Waals surface area contributed by atoms with Crippen molar-refractivity contribution in [2.45, 2.75) is 24.5 Å². The van der Waals surface area contributed by atoms with Gasteiger partial charge >= 0.3 is 0 Å². The van der Waals surface area contributed by atoms with Crippen LogP contribution in [0.1, 0.15) is 6.23 Å². The molecule has 2 aromatic rings. The number of hydrogen-bond acceptors (Lipinski definition) is 8. The predicted molar refractivity (Wildman–Crippen MR) is 86.8 cm³/mol. The van der Waals surface area contributed by atoms with E-state index in [0.29, 0.717) is 20.7 Å². The molecule has 0 amide bonds. The van der Waals surface area contributed by atoms with Gasteiger partial charge in [-0.05, 0) is 6.26 Å². The smallest absolute Gasteiger partial charge is 0.194 e. The van der Waals surface area contributed by atoms with Crippen LogP contribution in [-0.2, 0) is 4.74 Å². The molecule has 0 aromatic carbocycles. The van der Waals surface area contributed by atoms with Crippen LogP contribution in [0.4, 0.5) is 5.82 Å². The number of aliphatic hydroxyl groups is 2. The first kappa shape index (κ1) is 15.2. The molecule has 0 aliphatic carbocycles. The van der Waals surface area contributed by atoms with Crippen LogP contribution in [0, 0.1) is 3.83 Å². The minimum atomic E-state index is -1.05. The number of fused-ring (bicyclic) bond motifs is 1. The first-order valence-electron chi connectivity index (χ1n) is 6.19. The maximum Gasteiger partial charge on any atom is 0.194 e. The van der Waals surface area contributed by atoms with Crippen LogP contribution in [0.2, 0.25) is 0 Å². The van der Waals surface area contributed by atoms with E-state index in [1.165, 1.54) is 6.33 Å². The lowest BCUT2D eigenvalue weighted by Crippen LogP contribution is -2.32. The molecule has 1 aliphatic rings. The molecule has 4 atom stereocenters. The number of halogens is 1. The summed E-state index contributed by atoms with van der Waals surface area (Å²) in [6, 6.07) is 0. The molecule has 3 rings (SSSR count). The Balaban J connectivity index is 2.01. The number of nitrogens with two attached hydrogens (primary N) is 1. The number of nitrogen functional groups attached to an aromatic ring is 1. The van der Waals surface area contributed by atoms with Gasteiger partial charge in [0.1, 0.15) is 17.7 Å². The Morgan fingerprint density at radius 1 is 1.43 bits per heavy atom. The molecule has 0 radical (unpaired) electrons. The summed E-state index contributed by atoms with van der Waals surface area (Å²) in [6.45, 7) is 0. The van der Waals surface area contributed by atoms with Gasteiger partial charge in [-0.15, -0.1) is 0 Å². The van der Waals surface area contributed by atoms with E-state index in [9.17, 15) is 10.2 Å². The van der Waals surface area contributed by atoms with E-state index in [2.05, 4.69) is 15.0 Å². The molecular weight excluding hydrogens is 409 g/mol. The average Bonchev–Trinajstić information content (AvgIpc) is 2.96. The number of hydrogen-bond donors (Lipinski definition) is 3. The molecule has 10 heteroatoms. The van der Waals surface area contributed by atoms with Gasteiger partial charge in [-0.3, -0.25) is 4.57 Å². The van der Waals surface area contributed by atoms with Crippen LogP contribution in [0.3, 0.4) is 0 Å². The highest BCUT2D eigenvalue weighted by atomic mass is 127. The summed E-state index contributed by atoms with van der Waals surface area (Å²) in [4.78, 5) is 12.5. The first-order valence-corrected chi connectivity index (χ1v) is 8.66. The minimum Gasteiger partial charge on any atom is -0.387 e. The number of nitrogens with zero attached hydrogens (tertiary/aromatic N) is 4. The van der Waals surface area contributed by atoms with Crippen molar-refractivity contribution in [2.24, 2.45) is 0 Å². The Hall–Kier alpha value is -0.690. The summed E-state index contributed by atoms with van der Waals surface area (Å²) in [7, 11) is 0. The van der Waals surface area contributed by atoms with Gasteiger partial charge in [0, 0.05) is 28.3 Å². The summed E-state index contributed by atoms with van der Waals surface area (Å²) in [5, 5.41) is 20.3. The molecule has 2 aromatic heterocycles. The molecule has 8 nitrogen and oxygen atoms in total. The Kier molecular flexibility index (Phi) is 4.23. The quantitative estimate of drug-likeness (QED) is 0.466. The lowest BCUT2D eigenvalue weighted by Gasteiger charge is -2.16. The Morgan fingerprint density at radius 2 is 2.19 bits per heavy atom. The van der Waals surface area contributed by atoms with Crippen LogP contribution in [0.15, 0.2) is 6.33 Å². The monoisotopic (exact) mass is 423 g/mol. The number of anilines is 1. The van der Waals surface area contributed by atoms with Gasteiger partial charge in [-0.25, -0.2) is 15.0 Å². The number of aliphatic hydroxyl groups excluding tert-OH is 2. The van der Waals surface area contributed by atoms with Crippen molar-refractivity contribution in [2.75, 3.05) is 17.7 Å². The van der Waals surface area contributed by atoms with Crippen molar-refractivity contribution < 1.29 is 14.9 Å². The maximum atomic E-state index is 10.2. The zero-order valence-electron chi connectivity index (χ0n) is 11.0. The fourth-order valence-electron chi connectivity index (χ4n) is 2.36. The number of ether oxygens (including phenoxy) is 1. The fourth-order valence-corrected chi connectivity index (χ4v) is 3.45. The summed E-state index contributed by atoms with van der Waals surface area (Å²) in [6.07, 6.45) is 0.238. The van der Waals surface area contributed by atoms with Crippen molar-refractivity contribution in [3.8, 4) is 0 Å². The lowest BCUT2D eigenvalue weighted by atomic mass is 10.1. The lowest BCUT2D eigenvalue weighted by molar-refractivity contribution is -0.0289. The van der Waals surface area contributed by atoms with Crippen molar-refractivity contribution in [3.63, 3.8) is 0 Å². The summed E-state index contributed by atoms with van der Waals surface area (Å²) in [5.74, 6) is 0.868. The number of imidazole rings is 1. The van der Waals surface area contributed by atoms with Crippen molar-refractivity contribution >= 4 is 51.3 Å². The zero-order chi connectivity index (χ0) is 15.1. The molecule has 4 N–H and O–H groups in total. The van der Waals surface area contributed by atoms with Gasteiger partial charge in [0.25, 0.3) is 0 Å². The standard InChI is InChI=1S/C11H14IN5O3S/c1-21-2-4-6(18)7(19)10(20-4)17-3-14-5-8(13)15-11(12)16-9(5)17/h3-4,6-7,10,18-19H,2H2,1H3,(H2,13,15,16)/t4-,6+,7?,10-/m1/s1. The molecule has 3 heterocycles. The highest BCUT2D eigenvalue weighted by molar-refractivity contribution is 14.1. The molecule has 0 bridgehead atoms. The molecule has 1 fully saturated rings. The third-order valence-corrected chi connectivity index (χ3v) is 4.51. The Morgan fingerprint density at radius 3 is 2.90 bits per heavy atom. The number of thioether (sulfide) groups is 1. The van der Waals surface area contributed by atoms with Crippen molar-refractivity contribution in [1.29, 1.82) is 0 Å². The summed E-state index contributed by atoms with van der Waals surface area (Å²) >= 11 is 3.50. The molecule has 1 aliphatic heterocycles. The third-order valence-electron chi connectivity index (χ3n) is 3.36. The molecule has 114 valence electrons. The van der Waals surface area contributed by atoms with E-state index in [0.717, 1.165) is 0 Å². The molecule has 1 saturated heterocycles. The Bertz CT molecular complexity index is 669. The van der Waals surface area contributed by atoms with Crippen LogP contribution in [0.25, 0.3) is 11.2 Å². The largest absolute Gasteiger partial charge is 0.387 e.